The van der Waals surface area contributed by atoms with Gasteiger partial charge in [0.1, 0.15) is 23.7 Å². The number of benzene rings is 3. The minimum absolute atomic E-state index is 0.00323. The van der Waals surface area contributed by atoms with Crippen LogP contribution >= 0.6 is 0 Å². The summed E-state index contributed by atoms with van der Waals surface area (Å²) in [7, 11) is 1.29. The Kier molecular flexibility index (Phi) is 8.28. The highest BCUT2D eigenvalue weighted by atomic mass is 19.4. The monoisotopic (exact) mass is 627 g/mol. The first-order valence-electron chi connectivity index (χ1n) is 13.2. The lowest BCUT2D eigenvalue weighted by Gasteiger charge is -2.17. The van der Waals surface area contributed by atoms with E-state index in [4.69, 9.17) is 9.47 Å². The number of methoxy groups -OCH3 is 1. The van der Waals surface area contributed by atoms with Gasteiger partial charge in [0.2, 0.25) is 0 Å². The predicted octanol–water partition coefficient (Wildman–Crippen LogP) is 8.23. The Balaban J connectivity index is 1.43. The molecule has 5 rings (SSSR count). The van der Waals surface area contributed by atoms with Crippen molar-refractivity contribution in [3.63, 3.8) is 0 Å². The summed E-state index contributed by atoms with van der Waals surface area (Å²) in [6.45, 7) is 1.76. The van der Waals surface area contributed by atoms with Crippen molar-refractivity contribution >= 4 is 5.97 Å². The number of rotatable bonds is 8. The Morgan fingerprint density at radius 1 is 0.889 bits per heavy atom. The van der Waals surface area contributed by atoms with Crippen LogP contribution in [-0.2, 0) is 19.0 Å². The van der Waals surface area contributed by atoms with Crippen molar-refractivity contribution < 1.29 is 45.7 Å². The molecular weight excluding hydrogens is 604 g/mol. The zero-order valence-corrected chi connectivity index (χ0v) is 23.6. The van der Waals surface area contributed by atoms with Gasteiger partial charge in [0.15, 0.2) is 11.5 Å². The van der Waals surface area contributed by atoms with Crippen molar-refractivity contribution in [1.82, 2.24) is 14.8 Å². The van der Waals surface area contributed by atoms with E-state index in [0.29, 0.717) is 38.9 Å². The van der Waals surface area contributed by atoms with Gasteiger partial charge in [-0.05, 0) is 65.6 Å². The standard InChI is InChI=1S/C32H23F6N3O4/c1-18-14-19(22-13-12-21(44-2)15-25(22)31(33,34)35)10-11-20(18)17-45-27-8-4-3-6-23(27)26-7-5-9-28(40-26)41-29(32(36,37)38)24(16-39-41)30(42)43/h3-16H,17H2,1-2H3,(H,42,43). The van der Waals surface area contributed by atoms with Gasteiger partial charge < -0.3 is 14.6 Å². The fraction of sp³-hybridized carbons (Fsp3) is 0.156. The van der Waals surface area contributed by atoms with E-state index >= 15 is 0 Å². The van der Waals surface area contributed by atoms with E-state index in [1.807, 2.05) is 0 Å². The van der Waals surface area contributed by atoms with Crippen molar-refractivity contribution in [3.8, 4) is 39.7 Å². The van der Waals surface area contributed by atoms with E-state index in [2.05, 4.69) is 10.1 Å². The summed E-state index contributed by atoms with van der Waals surface area (Å²) in [5.41, 5.74) is -0.943. The van der Waals surface area contributed by atoms with E-state index in [0.717, 1.165) is 6.07 Å². The number of nitrogens with zero attached hydrogens (tertiary/aromatic N) is 3. The fourth-order valence-corrected chi connectivity index (χ4v) is 4.76. The van der Waals surface area contributed by atoms with Gasteiger partial charge in [0.05, 0.1) is 24.6 Å². The lowest BCUT2D eigenvalue weighted by molar-refractivity contribution is -0.143. The van der Waals surface area contributed by atoms with Crippen LogP contribution < -0.4 is 9.47 Å². The Bertz CT molecular complexity index is 1880. The number of hydrogen-bond donors (Lipinski definition) is 1. The number of aryl methyl sites for hydroxylation is 1. The highest BCUT2D eigenvalue weighted by molar-refractivity contribution is 5.89. The molecule has 0 spiro atoms. The maximum Gasteiger partial charge on any atom is 0.434 e. The van der Waals surface area contributed by atoms with Gasteiger partial charge in [-0.3, -0.25) is 0 Å². The summed E-state index contributed by atoms with van der Waals surface area (Å²) in [5.74, 6) is -1.62. The van der Waals surface area contributed by atoms with Crippen molar-refractivity contribution in [2.75, 3.05) is 7.11 Å². The number of pyridine rings is 1. The van der Waals surface area contributed by atoms with E-state index in [-0.39, 0.29) is 29.4 Å². The predicted molar refractivity (Wildman–Crippen MR) is 151 cm³/mol. The molecule has 13 heteroatoms. The summed E-state index contributed by atoms with van der Waals surface area (Å²) in [5, 5.41) is 12.9. The van der Waals surface area contributed by atoms with E-state index < -0.39 is 35.1 Å². The maximum absolute atomic E-state index is 13.8. The van der Waals surface area contributed by atoms with Gasteiger partial charge in [-0.2, -0.15) is 31.4 Å². The topological polar surface area (TPSA) is 86.5 Å². The number of carbonyl (C=O) groups is 1. The molecule has 232 valence electrons. The molecule has 0 aliphatic heterocycles. The fourth-order valence-electron chi connectivity index (χ4n) is 4.76. The molecule has 3 aromatic carbocycles. The molecule has 0 saturated carbocycles. The highest BCUT2D eigenvalue weighted by Crippen LogP contribution is 2.40. The van der Waals surface area contributed by atoms with Crippen LogP contribution in [0.3, 0.4) is 0 Å². The quantitative estimate of drug-likeness (QED) is 0.175. The molecule has 0 unspecified atom stereocenters. The number of para-hydroxylation sites is 1. The lowest BCUT2D eigenvalue weighted by Crippen LogP contribution is -2.18. The van der Waals surface area contributed by atoms with E-state index in [1.54, 1.807) is 55.5 Å². The summed E-state index contributed by atoms with van der Waals surface area (Å²) in [6.07, 6.45) is -9.00. The molecule has 1 N–H and O–H groups in total. The Morgan fingerprint density at radius 3 is 2.31 bits per heavy atom. The Labute approximate surface area is 252 Å². The van der Waals surface area contributed by atoms with Gasteiger partial charge >= 0.3 is 18.3 Å². The third-order valence-electron chi connectivity index (χ3n) is 6.95. The molecule has 45 heavy (non-hydrogen) atoms. The molecule has 0 fully saturated rings. The van der Waals surface area contributed by atoms with Crippen LogP contribution in [0.15, 0.2) is 85.1 Å². The molecule has 0 amide bonds. The Morgan fingerprint density at radius 2 is 1.64 bits per heavy atom. The molecule has 0 bridgehead atoms. The number of ether oxygens (including phenoxy) is 2. The van der Waals surface area contributed by atoms with Crippen molar-refractivity contribution in [2.24, 2.45) is 0 Å². The lowest BCUT2D eigenvalue weighted by atomic mass is 9.96. The molecule has 7 nitrogen and oxygen atoms in total. The largest absolute Gasteiger partial charge is 0.497 e. The van der Waals surface area contributed by atoms with Gasteiger partial charge in [-0.1, -0.05) is 42.5 Å². The van der Waals surface area contributed by atoms with Crippen LogP contribution in [0.4, 0.5) is 26.3 Å². The first-order valence-corrected chi connectivity index (χ1v) is 13.2. The number of carboxylic acids is 1. The zero-order chi connectivity index (χ0) is 32.5. The van der Waals surface area contributed by atoms with Crippen LogP contribution in [-0.4, -0.2) is 33.0 Å². The second-order valence-electron chi connectivity index (χ2n) is 9.84. The number of halogens is 6. The van der Waals surface area contributed by atoms with Crippen LogP contribution in [0, 0.1) is 6.92 Å². The van der Waals surface area contributed by atoms with Crippen LogP contribution in [0.2, 0.25) is 0 Å². The second kappa shape index (κ2) is 12.0. The van der Waals surface area contributed by atoms with E-state index in [1.165, 1.54) is 31.4 Å². The summed E-state index contributed by atoms with van der Waals surface area (Å²) < 4.78 is 94.1. The van der Waals surface area contributed by atoms with Crippen molar-refractivity contribution in [3.05, 3.63) is 113 Å². The average molecular weight is 628 g/mol. The average Bonchev–Trinajstić information content (AvgIpc) is 3.47. The molecule has 2 heterocycles. The van der Waals surface area contributed by atoms with Gasteiger partial charge in [-0.15, -0.1) is 0 Å². The summed E-state index contributed by atoms with van der Waals surface area (Å²) >= 11 is 0. The zero-order valence-electron chi connectivity index (χ0n) is 23.6. The smallest absolute Gasteiger partial charge is 0.434 e. The van der Waals surface area contributed by atoms with Gasteiger partial charge in [-0.25, -0.2) is 14.5 Å². The number of carboxylic acid groups (broad SMARTS) is 1. The molecule has 0 atom stereocenters. The van der Waals surface area contributed by atoms with Gasteiger partial charge in [0, 0.05) is 5.56 Å². The summed E-state index contributed by atoms with van der Waals surface area (Å²) in [4.78, 5) is 15.7. The number of alkyl halides is 6. The number of aromatic carboxylic acids is 1. The minimum atomic E-state index is -5.02. The van der Waals surface area contributed by atoms with Crippen molar-refractivity contribution in [2.45, 2.75) is 25.9 Å². The normalized spacial score (nSPS) is 11.8. The van der Waals surface area contributed by atoms with E-state index in [9.17, 15) is 36.2 Å². The number of hydrogen-bond acceptors (Lipinski definition) is 5. The maximum atomic E-state index is 13.8. The molecule has 0 aliphatic carbocycles. The van der Waals surface area contributed by atoms with Crippen LogP contribution in [0.25, 0.3) is 28.2 Å². The molecule has 0 radical (unpaired) electrons. The third-order valence-corrected chi connectivity index (χ3v) is 6.95. The molecule has 0 saturated heterocycles. The Hall–Kier alpha value is -5.33. The SMILES string of the molecule is COc1ccc(-c2ccc(COc3ccccc3-c3cccc(-n4ncc(C(=O)O)c4C(F)(F)F)n3)c(C)c2)c(C(F)(F)F)c1. The second-order valence-corrected chi connectivity index (χ2v) is 9.84. The highest BCUT2D eigenvalue weighted by Gasteiger charge is 2.41. The molecular formula is C32H23F6N3O4. The molecule has 0 aliphatic rings. The van der Waals surface area contributed by atoms with Crippen LogP contribution in [0.1, 0.15) is 32.7 Å². The minimum Gasteiger partial charge on any atom is -0.497 e. The summed E-state index contributed by atoms with van der Waals surface area (Å²) in [6, 6.07) is 19.5. The molecule has 5 aromatic rings. The molecule has 2 aromatic heterocycles. The van der Waals surface area contributed by atoms with Crippen molar-refractivity contribution in [1.29, 1.82) is 0 Å². The first kappa shape index (κ1) is 31.1. The van der Waals surface area contributed by atoms with Crippen LogP contribution in [0.5, 0.6) is 11.5 Å². The third kappa shape index (κ3) is 6.47. The van der Waals surface area contributed by atoms with Gasteiger partial charge in [0.25, 0.3) is 0 Å². The first-order chi connectivity index (χ1) is 21.3. The number of aromatic nitrogens is 3.